The van der Waals surface area contributed by atoms with E-state index in [1.807, 2.05) is 47.9 Å². The highest BCUT2D eigenvalue weighted by Gasteiger charge is 2.56. The second-order valence-corrected chi connectivity index (χ2v) is 9.24. The van der Waals surface area contributed by atoms with Crippen LogP contribution in [0.15, 0.2) is 41.2 Å². The van der Waals surface area contributed by atoms with E-state index in [1.165, 1.54) is 12.8 Å². The first kappa shape index (κ1) is 21.2. The lowest BCUT2D eigenvalue weighted by Gasteiger charge is -2.38. The van der Waals surface area contributed by atoms with Crippen LogP contribution in [0.3, 0.4) is 0 Å². The van der Waals surface area contributed by atoms with Gasteiger partial charge in [-0.1, -0.05) is 12.1 Å². The number of amides is 1. The number of hydrogen-bond donors (Lipinski definition) is 2. The van der Waals surface area contributed by atoms with Crippen LogP contribution in [-0.2, 0) is 11.3 Å². The van der Waals surface area contributed by atoms with Gasteiger partial charge in [0.25, 0.3) is 5.56 Å². The molecule has 1 aromatic carbocycles. The number of benzene rings is 1. The number of pyridine rings is 1. The van der Waals surface area contributed by atoms with Crippen LogP contribution in [0.4, 0.5) is 0 Å². The van der Waals surface area contributed by atoms with Gasteiger partial charge in [-0.3, -0.25) is 14.5 Å². The molecule has 1 saturated heterocycles. The van der Waals surface area contributed by atoms with Gasteiger partial charge in [-0.15, -0.1) is 0 Å². The summed E-state index contributed by atoms with van der Waals surface area (Å²) in [5.74, 6) is 0.831. The lowest BCUT2D eigenvalue weighted by atomic mass is 9.86. The molecule has 1 amide bonds. The molecule has 5 rings (SSSR count). The third-order valence-corrected chi connectivity index (χ3v) is 7.39. The third-order valence-electron chi connectivity index (χ3n) is 7.39. The summed E-state index contributed by atoms with van der Waals surface area (Å²) >= 11 is 0. The van der Waals surface area contributed by atoms with Crippen LogP contribution in [0, 0.1) is 17.8 Å². The van der Waals surface area contributed by atoms with Crippen molar-refractivity contribution in [2.45, 2.75) is 38.4 Å². The summed E-state index contributed by atoms with van der Waals surface area (Å²) in [5.41, 5.74) is 2.33. The zero-order chi connectivity index (χ0) is 22.4. The molecule has 7 nitrogen and oxygen atoms in total. The number of fused-ring (bicyclic) bond motifs is 4. The van der Waals surface area contributed by atoms with E-state index in [-0.39, 0.29) is 42.0 Å². The standard InChI is InChI=1S/C25H31N3O4/c1-3-26-24(30)22-19(14-29)21-13-28-20(23(22)27(21)12-15-4-5-15)11-10-18(25(28)31)16-6-8-17(32-2)9-7-16/h6-11,15,19,21-23,29H,3-5,12-14H2,1-2H3,(H,26,30)/t19-,21-,22+,23+/m0/s1. The number of hydrogen-bond acceptors (Lipinski definition) is 5. The molecule has 2 aromatic rings. The summed E-state index contributed by atoms with van der Waals surface area (Å²) in [6.45, 7) is 3.84. The molecule has 4 atom stereocenters. The van der Waals surface area contributed by atoms with Crippen molar-refractivity contribution in [3.63, 3.8) is 0 Å². The number of ether oxygens (including phenoxy) is 1. The number of methoxy groups -OCH3 is 1. The Bertz CT molecular complexity index is 1060. The number of nitrogens with one attached hydrogen (secondary N) is 1. The summed E-state index contributed by atoms with van der Waals surface area (Å²) in [5, 5.41) is 13.3. The van der Waals surface area contributed by atoms with Crippen LogP contribution in [-0.4, -0.2) is 53.3 Å². The van der Waals surface area contributed by atoms with Gasteiger partial charge in [-0.05, 0) is 55.5 Å². The van der Waals surface area contributed by atoms with E-state index in [4.69, 9.17) is 4.74 Å². The molecule has 3 aliphatic rings. The second-order valence-electron chi connectivity index (χ2n) is 9.24. The Balaban J connectivity index is 1.58. The van der Waals surface area contributed by atoms with Crippen LogP contribution < -0.4 is 15.6 Å². The summed E-state index contributed by atoms with van der Waals surface area (Å²) < 4.78 is 7.09. The Morgan fingerprint density at radius 2 is 1.94 bits per heavy atom. The quantitative estimate of drug-likeness (QED) is 0.693. The van der Waals surface area contributed by atoms with E-state index in [0.29, 0.717) is 24.6 Å². The van der Waals surface area contributed by atoms with Crippen LogP contribution >= 0.6 is 0 Å². The van der Waals surface area contributed by atoms with Gasteiger partial charge in [0, 0.05) is 49.5 Å². The maximum absolute atomic E-state index is 13.6. The molecule has 1 aromatic heterocycles. The molecule has 0 spiro atoms. The maximum Gasteiger partial charge on any atom is 0.258 e. The Labute approximate surface area is 188 Å². The van der Waals surface area contributed by atoms with Gasteiger partial charge < -0.3 is 19.7 Å². The number of aliphatic hydroxyl groups excluding tert-OH is 1. The minimum Gasteiger partial charge on any atom is -0.497 e. The van der Waals surface area contributed by atoms with Crippen molar-refractivity contribution in [3.05, 3.63) is 52.4 Å². The molecule has 3 heterocycles. The van der Waals surface area contributed by atoms with Crippen molar-refractivity contribution >= 4 is 5.91 Å². The molecule has 170 valence electrons. The van der Waals surface area contributed by atoms with E-state index >= 15 is 0 Å². The highest BCUT2D eigenvalue weighted by Crippen LogP contribution is 2.50. The number of aromatic nitrogens is 1. The lowest BCUT2D eigenvalue weighted by Crippen LogP contribution is -2.47. The van der Waals surface area contributed by atoms with E-state index in [0.717, 1.165) is 23.6 Å². The van der Waals surface area contributed by atoms with Crippen molar-refractivity contribution in [2.24, 2.45) is 17.8 Å². The normalized spacial score (nSPS) is 26.6. The fourth-order valence-corrected chi connectivity index (χ4v) is 5.66. The SMILES string of the molecule is CCNC(=O)[C@@H]1[C@@H](CO)[C@@H]2Cn3c(ccc(-c4ccc(OC)cc4)c3=O)[C@H]1N2CC1CC1. The van der Waals surface area contributed by atoms with Gasteiger partial charge in [0.05, 0.1) is 19.1 Å². The molecule has 2 aliphatic heterocycles. The number of nitrogens with zero attached hydrogens (tertiary/aromatic N) is 2. The lowest BCUT2D eigenvalue weighted by molar-refractivity contribution is -0.127. The Morgan fingerprint density at radius 1 is 1.19 bits per heavy atom. The molecule has 2 N–H and O–H groups in total. The largest absolute Gasteiger partial charge is 0.497 e. The Morgan fingerprint density at radius 3 is 2.56 bits per heavy atom. The number of carbonyl (C=O) groups is 1. The molecule has 0 radical (unpaired) electrons. The second kappa shape index (κ2) is 8.37. The van der Waals surface area contributed by atoms with Crippen LogP contribution in [0.1, 0.15) is 31.5 Å². The maximum atomic E-state index is 13.6. The average Bonchev–Trinajstić information content (AvgIpc) is 3.59. The first-order valence-electron chi connectivity index (χ1n) is 11.6. The van der Waals surface area contributed by atoms with Crippen molar-refractivity contribution < 1.29 is 14.6 Å². The van der Waals surface area contributed by atoms with Crippen LogP contribution in [0.5, 0.6) is 5.75 Å². The zero-order valence-corrected chi connectivity index (χ0v) is 18.7. The summed E-state index contributed by atoms with van der Waals surface area (Å²) in [6.07, 6.45) is 2.43. The van der Waals surface area contributed by atoms with Gasteiger partial charge in [0.15, 0.2) is 0 Å². The smallest absolute Gasteiger partial charge is 0.258 e. The minimum atomic E-state index is -0.358. The predicted molar refractivity (Wildman–Crippen MR) is 121 cm³/mol. The zero-order valence-electron chi connectivity index (χ0n) is 18.7. The third kappa shape index (κ3) is 3.44. The predicted octanol–water partition coefficient (Wildman–Crippen LogP) is 2.03. The minimum absolute atomic E-state index is 0.0190. The molecule has 1 saturated carbocycles. The van der Waals surface area contributed by atoms with Crippen LogP contribution in [0.25, 0.3) is 11.1 Å². The van der Waals surface area contributed by atoms with Crippen LogP contribution in [0.2, 0.25) is 0 Å². The highest BCUT2D eigenvalue weighted by atomic mass is 16.5. The van der Waals surface area contributed by atoms with Gasteiger partial charge in [-0.25, -0.2) is 0 Å². The van der Waals surface area contributed by atoms with Crippen molar-refractivity contribution in [3.8, 4) is 16.9 Å². The number of aliphatic hydroxyl groups is 1. The average molecular weight is 438 g/mol. The summed E-state index contributed by atoms with van der Waals surface area (Å²) in [4.78, 5) is 29.1. The van der Waals surface area contributed by atoms with E-state index in [2.05, 4.69) is 10.2 Å². The van der Waals surface area contributed by atoms with Gasteiger partial charge in [0.1, 0.15) is 5.75 Å². The molecule has 0 unspecified atom stereocenters. The van der Waals surface area contributed by atoms with Crippen molar-refractivity contribution in [2.75, 3.05) is 26.8 Å². The first-order chi connectivity index (χ1) is 15.6. The molecular formula is C25H31N3O4. The molecule has 32 heavy (non-hydrogen) atoms. The molecule has 2 fully saturated rings. The number of carbonyl (C=O) groups excluding carboxylic acids is 1. The van der Waals surface area contributed by atoms with Gasteiger partial charge in [-0.2, -0.15) is 0 Å². The highest BCUT2D eigenvalue weighted by molar-refractivity contribution is 5.80. The van der Waals surface area contributed by atoms with E-state index in [9.17, 15) is 14.7 Å². The molecule has 2 bridgehead atoms. The Kier molecular flexibility index (Phi) is 5.55. The van der Waals surface area contributed by atoms with Crippen molar-refractivity contribution in [1.29, 1.82) is 0 Å². The topological polar surface area (TPSA) is 83.8 Å². The first-order valence-corrected chi connectivity index (χ1v) is 11.6. The van der Waals surface area contributed by atoms with Gasteiger partial charge >= 0.3 is 0 Å². The molecule has 7 heteroatoms. The fraction of sp³-hybridized carbons (Fsp3) is 0.520. The molecule has 1 aliphatic carbocycles. The summed E-state index contributed by atoms with van der Waals surface area (Å²) in [7, 11) is 1.62. The fourth-order valence-electron chi connectivity index (χ4n) is 5.66. The molecular weight excluding hydrogens is 406 g/mol. The Hall–Kier alpha value is -2.64. The van der Waals surface area contributed by atoms with Gasteiger partial charge in [0.2, 0.25) is 5.91 Å². The van der Waals surface area contributed by atoms with Crippen molar-refractivity contribution in [1.82, 2.24) is 14.8 Å². The monoisotopic (exact) mass is 437 g/mol. The van der Waals surface area contributed by atoms with E-state index in [1.54, 1.807) is 7.11 Å². The van der Waals surface area contributed by atoms with E-state index < -0.39 is 0 Å². The summed E-state index contributed by atoms with van der Waals surface area (Å²) in [6, 6.07) is 11.2. The number of rotatable bonds is 7.